The molecule has 268 valence electrons. The lowest BCUT2D eigenvalue weighted by molar-refractivity contribution is 0.658. The van der Waals surface area contributed by atoms with Gasteiger partial charge in [0.15, 0.2) is 0 Å². The summed E-state index contributed by atoms with van der Waals surface area (Å²) in [5, 5.41) is 2.53. The molecule has 0 fully saturated rings. The lowest BCUT2D eigenvalue weighted by Crippen LogP contribution is -2.21. The minimum atomic E-state index is -0.167. The zero-order valence-electron chi connectivity index (χ0n) is 32.2. The van der Waals surface area contributed by atoms with Crippen LogP contribution in [0.1, 0.15) is 49.9 Å². The minimum Gasteiger partial charge on any atom is -0.310 e. The number of hydrogen-bond donors (Lipinski definition) is 0. The molecule has 0 amide bonds. The molecule has 8 aromatic carbocycles. The Balaban J connectivity index is 1.08. The first kappa shape index (κ1) is 32.8. The molecule has 0 spiro atoms. The number of para-hydroxylation sites is 2. The number of hydrogen-bond acceptors (Lipinski definition) is 1. The first-order valence-electron chi connectivity index (χ1n) is 19.8. The van der Waals surface area contributed by atoms with Crippen LogP contribution in [0.2, 0.25) is 0 Å². The molecule has 0 unspecified atom stereocenters. The molecule has 2 heteroatoms. The van der Waals surface area contributed by atoms with Gasteiger partial charge in [0.05, 0.1) is 16.7 Å². The molecular weight excluding hydrogens is 677 g/mol. The van der Waals surface area contributed by atoms with Gasteiger partial charge in [-0.05, 0) is 110 Å². The largest absolute Gasteiger partial charge is 0.310 e. The van der Waals surface area contributed by atoms with Gasteiger partial charge in [0.1, 0.15) is 0 Å². The van der Waals surface area contributed by atoms with E-state index < -0.39 is 0 Å². The van der Waals surface area contributed by atoms with Gasteiger partial charge in [-0.15, -0.1) is 0 Å². The summed E-state index contributed by atoms with van der Waals surface area (Å²) >= 11 is 0. The summed E-state index contributed by atoms with van der Waals surface area (Å²) in [5.74, 6) is 0. The van der Waals surface area contributed by atoms with Gasteiger partial charge in [-0.2, -0.15) is 0 Å². The molecule has 1 aromatic heterocycles. The van der Waals surface area contributed by atoms with Crippen LogP contribution in [0.3, 0.4) is 0 Å². The number of rotatable bonds is 5. The highest BCUT2D eigenvalue weighted by atomic mass is 15.1. The summed E-state index contributed by atoms with van der Waals surface area (Å²) < 4.78 is 2.40. The normalized spacial score (nSPS) is 14.4. The van der Waals surface area contributed by atoms with Crippen LogP contribution in [0.5, 0.6) is 0 Å². The van der Waals surface area contributed by atoms with Crippen molar-refractivity contribution in [1.29, 1.82) is 0 Å². The Morgan fingerprint density at radius 1 is 0.393 bits per heavy atom. The molecule has 1 heterocycles. The zero-order chi connectivity index (χ0) is 37.8. The summed E-state index contributed by atoms with van der Waals surface area (Å²) in [5.41, 5.74) is 20.1. The Bertz CT molecular complexity index is 3020. The van der Waals surface area contributed by atoms with Gasteiger partial charge < -0.3 is 9.47 Å². The van der Waals surface area contributed by atoms with Crippen molar-refractivity contribution in [1.82, 2.24) is 4.57 Å². The van der Waals surface area contributed by atoms with E-state index >= 15 is 0 Å². The second kappa shape index (κ2) is 11.9. The van der Waals surface area contributed by atoms with E-state index in [1.807, 2.05) is 0 Å². The molecule has 0 atom stereocenters. The SMILES string of the molecule is CC1(C)c2ccccc2-c2ccc(N(c3ccc(-c4ccc5c6ccccc6n(-c6ccccc6)c5c4)cc3)c3cccc4c3C(C)(C)c3ccccc3-4)cc21. The Hall–Kier alpha value is -6.64. The fourth-order valence-electron chi connectivity index (χ4n) is 10.1. The predicted octanol–water partition coefficient (Wildman–Crippen LogP) is 14.5. The van der Waals surface area contributed by atoms with Crippen molar-refractivity contribution >= 4 is 38.9 Å². The zero-order valence-corrected chi connectivity index (χ0v) is 32.2. The van der Waals surface area contributed by atoms with Crippen LogP contribution in [0, 0.1) is 0 Å². The van der Waals surface area contributed by atoms with E-state index in [2.05, 4.69) is 219 Å². The van der Waals surface area contributed by atoms with Gasteiger partial charge in [-0.25, -0.2) is 0 Å². The number of fused-ring (bicyclic) bond motifs is 9. The predicted molar refractivity (Wildman–Crippen MR) is 236 cm³/mol. The molecule has 0 saturated carbocycles. The van der Waals surface area contributed by atoms with Crippen molar-refractivity contribution in [3.63, 3.8) is 0 Å². The van der Waals surface area contributed by atoms with E-state index in [4.69, 9.17) is 0 Å². The molecule has 0 bridgehead atoms. The summed E-state index contributed by atoms with van der Waals surface area (Å²) in [6.07, 6.45) is 0. The van der Waals surface area contributed by atoms with E-state index in [0.717, 1.165) is 5.69 Å². The Morgan fingerprint density at radius 2 is 0.982 bits per heavy atom. The smallest absolute Gasteiger partial charge is 0.0547 e. The molecule has 0 saturated heterocycles. The number of anilines is 3. The van der Waals surface area contributed by atoms with Crippen molar-refractivity contribution in [3.8, 4) is 39.1 Å². The Morgan fingerprint density at radius 3 is 1.77 bits per heavy atom. The molecule has 0 radical (unpaired) electrons. The fraction of sp³-hybridized carbons (Fsp3) is 0.111. The molecule has 2 nitrogen and oxygen atoms in total. The van der Waals surface area contributed by atoms with Crippen LogP contribution in [0.4, 0.5) is 17.1 Å². The number of benzene rings is 8. The average Bonchev–Trinajstić information content (AvgIpc) is 3.78. The highest BCUT2D eigenvalue weighted by Crippen LogP contribution is 2.55. The molecule has 56 heavy (non-hydrogen) atoms. The molecule has 2 aliphatic rings. The van der Waals surface area contributed by atoms with Gasteiger partial charge in [0.25, 0.3) is 0 Å². The fourth-order valence-corrected chi connectivity index (χ4v) is 10.1. The van der Waals surface area contributed by atoms with Crippen molar-refractivity contribution in [2.75, 3.05) is 4.90 Å². The first-order chi connectivity index (χ1) is 27.3. The maximum Gasteiger partial charge on any atom is 0.0547 e. The van der Waals surface area contributed by atoms with Gasteiger partial charge in [0.2, 0.25) is 0 Å². The molecular formula is C54H42N2. The van der Waals surface area contributed by atoms with Gasteiger partial charge in [0, 0.05) is 38.7 Å². The standard InChI is InChI=1S/C54H42N2/c1-53(2)46-21-11-8-17-40(46)42-32-30-39(34-48(42)53)55(50-24-14-20-45-41-18-9-12-22-47(41)54(3,4)52(45)50)38-28-25-35(26-29-38)36-27-31-44-43-19-10-13-23-49(43)56(51(44)33-36)37-15-6-5-7-16-37/h5-34H,1-4H3. The van der Waals surface area contributed by atoms with E-state index in [1.54, 1.807) is 0 Å². The quantitative estimate of drug-likeness (QED) is 0.172. The molecule has 0 aliphatic heterocycles. The van der Waals surface area contributed by atoms with E-state index in [0.29, 0.717) is 0 Å². The van der Waals surface area contributed by atoms with Crippen molar-refractivity contribution in [3.05, 3.63) is 204 Å². The van der Waals surface area contributed by atoms with Crippen molar-refractivity contribution in [2.24, 2.45) is 0 Å². The van der Waals surface area contributed by atoms with Crippen LogP contribution in [-0.4, -0.2) is 4.57 Å². The van der Waals surface area contributed by atoms with Crippen LogP contribution in [0.15, 0.2) is 182 Å². The summed E-state index contributed by atoms with van der Waals surface area (Å²) in [7, 11) is 0. The van der Waals surface area contributed by atoms with Gasteiger partial charge >= 0.3 is 0 Å². The maximum atomic E-state index is 2.51. The second-order valence-electron chi connectivity index (χ2n) is 16.6. The topological polar surface area (TPSA) is 8.17 Å². The maximum absolute atomic E-state index is 2.51. The molecule has 9 aromatic rings. The van der Waals surface area contributed by atoms with E-state index in [-0.39, 0.29) is 10.8 Å². The van der Waals surface area contributed by atoms with Gasteiger partial charge in [-0.3, -0.25) is 0 Å². The van der Waals surface area contributed by atoms with E-state index in [9.17, 15) is 0 Å². The molecule has 0 N–H and O–H groups in total. The van der Waals surface area contributed by atoms with Crippen molar-refractivity contribution in [2.45, 2.75) is 38.5 Å². The Labute approximate surface area is 328 Å². The third-order valence-electron chi connectivity index (χ3n) is 12.8. The lowest BCUT2D eigenvalue weighted by Gasteiger charge is -2.33. The van der Waals surface area contributed by atoms with Crippen LogP contribution in [-0.2, 0) is 10.8 Å². The number of nitrogens with zero attached hydrogens (tertiary/aromatic N) is 2. The minimum absolute atomic E-state index is 0.105. The lowest BCUT2D eigenvalue weighted by atomic mass is 9.81. The van der Waals surface area contributed by atoms with Crippen LogP contribution < -0.4 is 4.90 Å². The van der Waals surface area contributed by atoms with Gasteiger partial charge in [-0.1, -0.05) is 155 Å². The molecule has 11 rings (SSSR count). The monoisotopic (exact) mass is 718 g/mol. The highest BCUT2D eigenvalue weighted by molar-refractivity contribution is 6.10. The number of aromatic nitrogens is 1. The van der Waals surface area contributed by atoms with Crippen LogP contribution in [0.25, 0.3) is 60.9 Å². The molecule has 2 aliphatic carbocycles. The van der Waals surface area contributed by atoms with Crippen molar-refractivity contribution < 1.29 is 0 Å². The highest BCUT2D eigenvalue weighted by Gasteiger charge is 2.40. The first-order valence-corrected chi connectivity index (χ1v) is 19.8. The Kier molecular flexibility index (Phi) is 6.98. The van der Waals surface area contributed by atoms with E-state index in [1.165, 1.54) is 94.5 Å². The average molecular weight is 719 g/mol. The summed E-state index contributed by atoms with van der Waals surface area (Å²) in [6, 6.07) is 67.5. The summed E-state index contributed by atoms with van der Waals surface area (Å²) in [4.78, 5) is 2.51. The van der Waals surface area contributed by atoms with Crippen LogP contribution >= 0.6 is 0 Å². The second-order valence-corrected chi connectivity index (χ2v) is 16.6. The third-order valence-corrected chi connectivity index (χ3v) is 12.8. The summed E-state index contributed by atoms with van der Waals surface area (Å²) in [6.45, 7) is 9.51. The third kappa shape index (κ3) is 4.62.